The lowest BCUT2D eigenvalue weighted by atomic mass is 10.1. The standard InChI is InChI=1S/C16H20N4O3/c1-3-4-5-12-6-8-13(9-7-12)17-14(21)10-20-11(2)15(16(22)23)18-19-20/h6-9H,3-5,10H2,1-2H3,(H,17,21)(H,22,23). The van der Waals surface area contributed by atoms with Crippen LogP contribution in [0.25, 0.3) is 0 Å². The van der Waals surface area contributed by atoms with E-state index in [1.54, 1.807) is 6.92 Å². The number of benzene rings is 1. The van der Waals surface area contributed by atoms with E-state index in [0.29, 0.717) is 11.4 Å². The number of aromatic nitrogens is 3. The zero-order valence-corrected chi connectivity index (χ0v) is 13.2. The number of aryl methyl sites for hydroxylation is 1. The molecule has 0 saturated carbocycles. The lowest BCUT2D eigenvalue weighted by Crippen LogP contribution is -2.20. The molecule has 2 aromatic rings. The topological polar surface area (TPSA) is 97.1 Å². The van der Waals surface area contributed by atoms with Gasteiger partial charge in [0.1, 0.15) is 6.54 Å². The second-order valence-corrected chi connectivity index (χ2v) is 5.33. The van der Waals surface area contributed by atoms with Crippen LogP contribution in [-0.2, 0) is 17.8 Å². The molecule has 7 heteroatoms. The monoisotopic (exact) mass is 316 g/mol. The minimum Gasteiger partial charge on any atom is -0.476 e. The maximum absolute atomic E-state index is 12.0. The Bertz CT molecular complexity index is 692. The number of carbonyl (C=O) groups excluding carboxylic acids is 1. The van der Waals surface area contributed by atoms with E-state index in [0.717, 1.165) is 19.3 Å². The van der Waals surface area contributed by atoms with Crippen LogP contribution in [0, 0.1) is 6.92 Å². The summed E-state index contributed by atoms with van der Waals surface area (Å²) >= 11 is 0. The first kappa shape index (κ1) is 16.7. The molecule has 0 aliphatic rings. The van der Waals surface area contributed by atoms with Crippen LogP contribution in [0.15, 0.2) is 24.3 Å². The van der Waals surface area contributed by atoms with Crippen molar-refractivity contribution in [2.24, 2.45) is 0 Å². The number of carboxylic acids is 1. The van der Waals surface area contributed by atoms with Gasteiger partial charge >= 0.3 is 5.97 Å². The van der Waals surface area contributed by atoms with E-state index in [9.17, 15) is 9.59 Å². The van der Waals surface area contributed by atoms with Crippen molar-refractivity contribution >= 4 is 17.6 Å². The molecule has 1 amide bonds. The number of hydrogen-bond donors (Lipinski definition) is 2. The van der Waals surface area contributed by atoms with Gasteiger partial charge in [-0.1, -0.05) is 30.7 Å². The summed E-state index contributed by atoms with van der Waals surface area (Å²) in [6, 6.07) is 7.71. The lowest BCUT2D eigenvalue weighted by Gasteiger charge is -2.07. The van der Waals surface area contributed by atoms with Crippen LogP contribution in [-0.4, -0.2) is 32.0 Å². The molecule has 0 spiro atoms. The number of carbonyl (C=O) groups is 2. The molecule has 7 nitrogen and oxygen atoms in total. The van der Waals surface area contributed by atoms with Crippen LogP contribution in [0.4, 0.5) is 5.69 Å². The summed E-state index contributed by atoms with van der Waals surface area (Å²) in [6.07, 6.45) is 3.32. The minimum atomic E-state index is -1.16. The van der Waals surface area contributed by atoms with Gasteiger partial charge < -0.3 is 10.4 Å². The zero-order chi connectivity index (χ0) is 16.8. The first-order chi connectivity index (χ1) is 11.0. The lowest BCUT2D eigenvalue weighted by molar-refractivity contribution is -0.117. The summed E-state index contributed by atoms with van der Waals surface area (Å²) in [5.41, 5.74) is 2.15. The Morgan fingerprint density at radius 1 is 1.26 bits per heavy atom. The molecule has 0 bridgehead atoms. The van der Waals surface area contributed by atoms with Crippen LogP contribution in [0.3, 0.4) is 0 Å². The fourth-order valence-corrected chi connectivity index (χ4v) is 2.18. The van der Waals surface area contributed by atoms with Crippen molar-refractivity contribution < 1.29 is 14.7 Å². The fraction of sp³-hybridized carbons (Fsp3) is 0.375. The smallest absolute Gasteiger partial charge is 0.358 e. The molecule has 0 saturated heterocycles. The summed E-state index contributed by atoms with van der Waals surface area (Å²) in [5, 5.41) is 18.9. The van der Waals surface area contributed by atoms with E-state index in [4.69, 9.17) is 5.11 Å². The number of aromatic carboxylic acids is 1. The number of rotatable bonds is 7. The molecule has 23 heavy (non-hydrogen) atoms. The maximum Gasteiger partial charge on any atom is 0.358 e. The summed E-state index contributed by atoms with van der Waals surface area (Å²) < 4.78 is 1.27. The fourth-order valence-electron chi connectivity index (χ4n) is 2.18. The van der Waals surface area contributed by atoms with Crippen LogP contribution < -0.4 is 5.32 Å². The number of nitrogens with one attached hydrogen (secondary N) is 1. The summed E-state index contributed by atoms with van der Waals surface area (Å²) in [6.45, 7) is 3.64. The molecule has 0 radical (unpaired) electrons. The van der Waals surface area contributed by atoms with Crippen molar-refractivity contribution in [2.75, 3.05) is 5.32 Å². The molecule has 2 rings (SSSR count). The molecule has 0 unspecified atom stereocenters. The highest BCUT2D eigenvalue weighted by atomic mass is 16.4. The third-order valence-corrected chi connectivity index (χ3v) is 3.54. The Kier molecular flexibility index (Phi) is 5.46. The predicted octanol–water partition coefficient (Wildman–Crippen LogP) is 2.27. The van der Waals surface area contributed by atoms with E-state index in [2.05, 4.69) is 22.6 Å². The number of hydrogen-bond acceptors (Lipinski definition) is 4. The van der Waals surface area contributed by atoms with Gasteiger partial charge in [0.25, 0.3) is 0 Å². The van der Waals surface area contributed by atoms with E-state index in [1.807, 2.05) is 24.3 Å². The van der Waals surface area contributed by atoms with Crippen molar-refractivity contribution in [3.63, 3.8) is 0 Å². The number of anilines is 1. The van der Waals surface area contributed by atoms with Gasteiger partial charge in [-0.15, -0.1) is 5.10 Å². The van der Waals surface area contributed by atoms with Crippen LogP contribution in [0.5, 0.6) is 0 Å². The van der Waals surface area contributed by atoms with Crippen LogP contribution in [0.2, 0.25) is 0 Å². The Hall–Kier alpha value is -2.70. The minimum absolute atomic E-state index is 0.0797. The van der Waals surface area contributed by atoms with Crippen molar-refractivity contribution in [2.45, 2.75) is 39.7 Å². The van der Waals surface area contributed by atoms with Crippen molar-refractivity contribution in [3.05, 3.63) is 41.2 Å². The Morgan fingerprint density at radius 3 is 2.52 bits per heavy atom. The largest absolute Gasteiger partial charge is 0.476 e. The third-order valence-electron chi connectivity index (χ3n) is 3.54. The molecule has 1 aromatic heterocycles. The van der Waals surface area contributed by atoms with Gasteiger partial charge in [0.05, 0.1) is 5.69 Å². The highest BCUT2D eigenvalue weighted by Gasteiger charge is 2.16. The molecule has 1 aromatic carbocycles. The Balaban J connectivity index is 1.95. The van der Waals surface area contributed by atoms with Gasteiger partial charge in [-0.3, -0.25) is 4.79 Å². The van der Waals surface area contributed by atoms with Crippen LogP contribution in [0.1, 0.15) is 41.5 Å². The van der Waals surface area contributed by atoms with E-state index in [1.165, 1.54) is 10.2 Å². The number of carboxylic acid groups (broad SMARTS) is 1. The molecule has 2 N–H and O–H groups in total. The van der Waals surface area contributed by atoms with Gasteiger partial charge in [-0.05, 0) is 37.5 Å². The van der Waals surface area contributed by atoms with Gasteiger partial charge in [-0.2, -0.15) is 0 Å². The average Bonchev–Trinajstić information content (AvgIpc) is 2.87. The second-order valence-electron chi connectivity index (χ2n) is 5.33. The number of nitrogens with zero attached hydrogens (tertiary/aromatic N) is 3. The van der Waals surface area contributed by atoms with Gasteiger partial charge in [-0.25, -0.2) is 9.48 Å². The molecule has 122 valence electrons. The average molecular weight is 316 g/mol. The predicted molar refractivity (Wildman–Crippen MR) is 85.4 cm³/mol. The first-order valence-corrected chi connectivity index (χ1v) is 7.53. The quantitative estimate of drug-likeness (QED) is 0.816. The third kappa shape index (κ3) is 4.38. The van der Waals surface area contributed by atoms with E-state index in [-0.39, 0.29) is 18.1 Å². The second kappa shape index (κ2) is 7.53. The van der Waals surface area contributed by atoms with Gasteiger partial charge in [0.2, 0.25) is 5.91 Å². The maximum atomic E-state index is 12.0. The van der Waals surface area contributed by atoms with Crippen molar-refractivity contribution in [1.29, 1.82) is 0 Å². The molecule has 1 heterocycles. The highest BCUT2D eigenvalue weighted by molar-refractivity contribution is 5.91. The summed E-state index contributed by atoms with van der Waals surface area (Å²) in [7, 11) is 0. The van der Waals surface area contributed by atoms with E-state index >= 15 is 0 Å². The van der Waals surface area contributed by atoms with E-state index < -0.39 is 5.97 Å². The highest BCUT2D eigenvalue weighted by Crippen LogP contribution is 2.12. The summed E-state index contributed by atoms with van der Waals surface area (Å²) in [4.78, 5) is 22.9. The Morgan fingerprint density at radius 2 is 1.96 bits per heavy atom. The molecule has 0 atom stereocenters. The number of unbranched alkanes of at least 4 members (excludes halogenated alkanes) is 1. The van der Waals surface area contributed by atoms with Gasteiger partial charge in [0, 0.05) is 5.69 Å². The van der Waals surface area contributed by atoms with Crippen molar-refractivity contribution in [3.8, 4) is 0 Å². The number of amides is 1. The SMILES string of the molecule is CCCCc1ccc(NC(=O)Cn2nnc(C(=O)O)c2C)cc1. The normalized spacial score (nSPS) is 10.5. The van der Waals surface area contributed by atoms with Crippen LogP contribution >= 0.6 is 0 Å². The Labute approximate surface area is 134 Å². The molecule has 0 aliphatic heterocycles. The first-order valence-electron chi connectivity index (χ1n) is 7.53. The molecular formula is C16H20N4O3. The molecular weight excluding hydrogens is 296 g/mol. The molecule has 0 aliphatic carbocycles. The zero-order valence-electron chi connectivity index (χ0n) is 13.2. The molecule has 0 fully saturated rings. The van der Waals surface area contributed by atoms with Gasteiger partial charge in [0.15, 0.2) is 5.69 Å². The summed E-state index contributed by atoms with van der Waals surface area (Å²) in [5.74, 6) is -1.44. The van der Waals surface area contributed by atoms with Crippen molar-refractivity contribution in [1.82, 2.24) is 15.0 Å².